The zero-order valence-electron chi connectivity index (χ0n) is 12.1. The molecule has 0 saturated carbocycles. The van der Waals surface area contributed by atoms with Gasteiger partial charge in [0.1, 0.15) is 0 Å². The highest BCUT2D eigenvalue weighted by Gasteiger charge is 2.28. The highest BCUT2D eigenvalue weighted by Crippen LogP contribution is 2.09. The molecule has 1 aliphatic rings. The molecule has 2 aromatic rings. The number of hydrogen-bond acceptors (Lipinski definition) is 4. The van der Waals surface area contributed by atoms with E-state index in [1.165, 1.54) is 0 Å². The van der Waals surface area contributed by atoms with Crippen molar-refractivity contribution in [3.8, 4) is 0 Å². The highest BCUT2D eigenvalue weighted by molar-refractivity contribution is 5.95. The molecule has 1 aliphatic heterocycles. The number of nitrogens with zero attached hydrogens (tertiary/aromatic N) is 2. The standard InChI is InChI=1S/C15H18N4O2/c1-9-7-19(8-10(2)16-9)15(21)13-14(20)11-5-3-4-6-12(11)17-18-13/h3-6,9-10,16H,7-8H2,1-2H3,(H,17,20). The fourth-order valence-corrected chi connectivity index (χ4v) is 2.86. The van der Waals surface area contributed by atoms with Crippen molar-refractivity contribution in [1.29, 1.82) is 0 Å². The Morgan fingerprint density at radius 3 is 2.62 bits per heavy atom. The predicted octanol–water partition coefficient (Wildman–Crippen LogP) is 0.745. The van der Waals surface area contributed by atoms with Gasteiger partial charge in [0.05, 0.1) is 5.52 Å². The van der Waals surface area contributed by atoms with E-state index in [2.05, 4.69) is 15.5 Å². The molecule has 2 N–H and O–H groups in total. The van der Waals surface area contributed by atoms with Gasteiger partial charge in [0.25, 0.3) is 5.91 Å². The highest BCUT2D eigenvalue weighted by atomic mass is 16.2. The minimum Gasteiger partial charge on any atom is -0.334 e. The van der Waals surface area contributed by atoms with Crippen molar-refractivity contribution < 1.29 is 4.79 Å². The average molecular weight is 286 g/mol. The number of carbonyl (C=O) groups is 1. The minimum absolute atomic E-state index is 0.0324. The molecule has 2 heterocycles. The Hall–Kier alpha value is -2.21. The van der Waals surface area contributed by atoms with Gasteiger partial charge in [-0.15, -0.1) is 0 Å². The summed E-state index contributed by atoms with van der Waals surface area (Å²) in [5.74, 6) is -0.304. The number of aromatic nitrogens is 2. The first-order valence-corrected chi connectivity index (χ1v) is 7.09. The first kappa shape index (κ1) is 13.8. The van der Waals surface area contributed by atoms with Gasteiger partial charge in [-0.3, -0.25) is 14.7 Å². The van der Waals surface area contributed by atoms with E-state index in [4.69, 9.17) is 0 Å². The molecule has 6 nitrogen and oxygen atoms in total. The molecule has 0 spiro atoms. The molecule has 0 radical (unpaired) electrons. The second-order valence-corrected chi connectivity index (χ2v) is 5.63. The Balaban J connectivity index is 1.98. The van der Waals surface area contributed by atoms with Gasteiger partial charge in [0, 0.05) is 30.6 Å². The monoisotopic (exact) mass is 286 g/mol. The van der Waals surface area contributed by atoms with Crippen LogP contribution in [0, 0.1) is 0 Å². The number of H-pyrrole nitrogens is 1. The first-order chi connectivity index (χ1) is 10.1. The lowest BCUT2D eigenvalue weighted by molar-refractivity contribution is 0.0665. The summed E-state index contributed by atoms with van der Waals surface area (Å²) in [7, 11) is 0. The van der Waals surface area contributed by atoms with Crippen LogP contribution in [0.5, 0.6) is 0 Å². The van der Waals surface area contributed by atoms with Crippen molar-refractivity contribution in [2.24, 2.45) is 0 Å². The van der Waals surface area contributed by atoms with Crippen LogP contribution < -0.4 is 10.7 Å². The van der Waals surface area contributed by atoms with Crippen LogP contribution in [0.15, 0.2) is 29.1 Å². The van der Waals surface area contributed by atoms with E-state index < -0.39 is 0 Å². The summed E-state index contributed by atoms with van der Waals surface area (Å²) in [6.45, 7) is 5.20. The van der Waals surface area contributed by atoms with Gasteiger partial charge in [0.2, 0.25) is 5.43 Å². The molecular formula is C15H18N4O2. The lowest BCUT2D eigenvalue weighted by Crippen LogP contribution is -2.56. The Kier molecular flexibility index (Phi) is 3.47. The topological polar surface area (TPSA) is 78.1 Å². The smallest absolute Gasteiger partial charge is 0.278 e. The van der Waals surface area contributed by atoms with E-state index in [9.17, 15) is 9.59 Å². The number of benzene rings is 1. The molecule has 1 aromatic heterocycles. The van der Waals surface area contributed by atoms with E-state index in [0.29, 0.717) is 24.0 Å². The second kappa shape index (κ2) is 5.29. The number of nitrogens with one attached hydrogen (secondary N) is 2. The zero-order valence-corrected chi connectivity index (χ0v) is 12.1. The summed E-state index contributed by atoms with van der Waals surface area (Å²) in [6.07, 6.45) is 0. The van der Waals surface area contributed by atoms with Crippen molar-refractivity contribution in [3.63, 3.8) is 0 Å². The van der Waals surface area contributed by atoms with Crippen LogP contribution in [-0.4, -0.2) is 46.2 Å². The number of fused-ring (bicyclic) bond motifs is 1. The SMILES string of the molecule is CC1CN(C(=O)c2n[nH]c3ccccc3c2=O)CC(C)N1. The molecule has 2 atom stereocenters. The number of hydrogen-bond donors (Lipinski definition) is 2. The van der Waals surface area contributed by atoms with Crippen molar-refractivity contribution in [2.75, 3.05) is 13.1 Å². The normalized spacial score (nSPS) is 22.5. The zero-order chi connectivity index (χ0) is 15.0. The number of para-hydroxylation sites is 1. The summed E-state index contributed by atoms with van der Waals surface area (Å²) in [5.41, 5.74) is 0.296. The van der Waals surface area contributed by atoms with Crippen LogP contribution in [-0.2, 0) is 0 Å². The molecule has 3 rings (SSSR count). The molecule has 1 saturated heterocycles. The van der Waals surface area contributed by atoms with E-state index >= 15 is 0 Å². The summed E-state index contributed by atoms with van der Waals surface area (Å²) >= 11 is 0. The minimum atomic E-state index is -0.312. The number of amides is 1. The Morgan fingerprint density at radius 1 is 1.24 bits per heavy atom. The van der Waals surface area contributed by atoms with Crippen LogP contribution in [0.3, 0.4) is 0 Å². The summed E-state index contributed by atoms with van der Waals surface area (Å²) in [6, 6.07) is 7.49. The maximum Gasteiger partial charge on any atom is 0.278 e. The number of carbonyl (C=O) groups excluding carboxylic acids is 1. The number of rotatable bonds is 1. The van der Waals surface area contributed by atoms with E-state index in [1.807, 2.05) is 19.9 Å². The Morgan fingerprint density at radius 2 is 1.90 bits per heavy atom. The molecule has 110 valence electrons. The molecule has 1 aromatic carbocycles. The van der Waals surface area contributed by atoms with Crippen molar-refractivity contribution in [3.05, 3.63) is 40.2 Å². The molecule has 1 fully saturated rings. The summed E-state index contributed by atoms with van der Waals surface area (Å²) < 4.78 is 0. The van der Waals surface area contributed by atoms with E-state index in [-0.39, 0.29) is 29.1 Å². The molecule has 0 bridgehead atoms. The predicted molar refractivity (Wildman–Crippen MR) is 80.3 cm³/mol. The Labute approximate surface area is 122 Å². The first-order valence-electron chi connectivity index (χ1n) is 7.09. The number of aromatic amines is 1. The maximum atomic E-state index is 12.6. The van der Waals surface area contributed by atoms with Gasteiger partial charge in [-0.05, 0) is 26.0 Å². The van der Waals surface area contributed by atoms with E-state index in [1.54, 1.807) is 23.1 Å². The van der Waals surface area contributed by atoms with Crippen LogP contribution in [0.4, 0.5) is 0 Å². The van der Waals surface area contributed by atoms with Crippen molar-refractivity contribution in [1.82, 2.24) is 20.4 Å². The summed E-state index contributed by atoms with van der Waals surface area (Å²) in [4.78, 5) is 26.7. The fourth-order valence-electron chi connectivity index (χ4n) is 2.86. The van der Waals surface area contributed by atoms with Gasteiger partial charge in [-0.2, -0.15) is 5.10 Å². The largest absolute Gasteiger partial charge is 0.334 e. The van der Waals surface area contributed by atoms with Gasteiger partial charge in [-0.25, -0.2) is 0 Å². The third-order valence-corrected chi connectivity index (χ3v) is 3.72. The van der Waals surface area contributed by atoms with Crippen LogP contribution in [0.2, 0.25) is 0 Å². The molecule has 6 heteroatoms. The quantitative estimate of drug-likeness (QED) is 0.811. The van der Waals surface area contributed by atoms with Gasteiger partial charge in [0.15, 0.2) is 5.69 Å². The lowest BCUT2D eigenvalue weighted by atomic mass is 10.1. The van der Waals surface area contributed by atoms with E-state index in [0.717, 1.165) is 0 Å². The van der Waals surface area contributed by atoms with Gasteiger partial charge >= 0.3 is 0 Å². The van der Waals surface area contributed by atoms with Crippen molar-refractivity contribution in [2.45, 2.75) is 25.9 Å². The lowest BCUT2D eigenvalue weighted by Gasteiger charge is -2.35. The van der Waals surface area contributed by atoms with Gasteiger partial charge in [-0.1, -0.05) is 12.1 Å². The summed E-state index contributed by atoms with van der Waals surface area (Å²) in [5, 5.41) is 10.6. The third-order valence-electron chi connectivity index (χ3n) is 3.72. The van der Waals surface area contributed by atoms with Crippen LogP contribution in [0.25, 0.3) is 10.9 Å². The van der Waals surface area contributed by atoms with Crippen molar-refractivity contribution >= 4 is 16.8 Å². The molecule has 21 heavy (non-hydrogen) atoms. The van der Waals surface area contributed by atoms with Gasteiger partial charge < -0.3 is 10.2 Å². The van der Waals surface area contributed by atoms with Crippen LogP contribution >= 0.6 is 0 Å². The molecule has 0 aliphatic carbocycles. The maximum absolute atomic E-state index is 12.6. The average Bonchev–Trinajstić information content (AvgIpc) is 2.46. The molecular weight excluding hydrogens is 268 g/mol. The third kappa shape index (κ3) is 2.54. The fraction of sp³-hybridized carbons (Fsp3) is 0.400. The van der Waals surface area contributed by atoms with Crippen LogP contribution in [0.1, 0.15) is 24.3 Å². The second-order valence-electron chi connectivity index (χ2n) is 5.63. The Bertz CT molecular complexity index is 730. The molecule has 2 unspecified atom stereocenters. The number of piperazine rings is 1. The molecule has 1 amide bonds.